The SMILES string of the molecule is CC(=O)OCC1O[C@@H](O)[C@@H](OC(C)=O)C(O)[C@@H]1O. The van der Waals surface area contributed by atoms with E-state index in [0.29, 0.717) is 0 Å². The first-order chi connectivity index (χ1) is 8.32. The van der Waals surface area contributed by atoms with E-state index in [4.69, 9.17) is 4.74 Å². The highest BCUT2D eigenvalue weighted by molar-refractivity contribution is 5.66. The quantitative estimate of drug-likeness (QED) is 0.496. The van der Waals surface area contributed by atoms with Gasteiger partial charge in [-0.05, 0) is 0 Å². The fourth-order valence-electron chi connectivity index (χ4n) is 1.58. The predicted molar refractivity (Wildman–Crippen MR) is 55.1 cm³/mol. The highest BCUT2D eigenvalue weighted by Crippen LogP contribution is 2.22. The van der Waals surface area contributed by atoms with Crippen molar-refractivity contribution in [1.82, 2.24) is 0 Å². The predicted octanol–water partition coefficient (Wildman–Crippen LogP) is -2.08. The van der Waals surface area contributed by atoms with Gasteiger partial charge in [0, 0.05) is 13.8 Å². The lowest BCUT2D eigenvalue weighted by molar-refractivity contribution is -0.291. The molecular formula is C10H16O8. The number of hydrogen-bond acceptors (Lipinski definition) is 8. The molecule has 0 radical (unpaired) electrons. The first-order valence-corrected chi connectivity index (χ1v) is 5.33. The zero-order chi connectivity index (χ0) is 13.9. The highest BCUT2D eigenvalue weighted by atomic mass is 16.7. The van der Waals surface area contributed by atoms with Crippen LogP contribution in [-0.2, 0) is 23.8 Å². The van der Waals surface area contributed by atoms with Crippen molar-refractivity contribution in [1.29, 1.82) is 0 Å². The lowest BCUT2D eigenvalue weighted by atomic mass is 9.99. The summed E-state index contributed by atoms with van der Waals surface area (Å²) in [6.45, 7) is 1.94. The topological polar surface area (TPSA) is 123 Å². The molecule has 1 rings (SSSR count). The van der Waals surface area contributed by atoms with Gasteiger partial charge >= 0.3 is 11.9 Å². The van der Waals surface area contributed by atoms with Crippen LogP contribution in [-0.4, -0.2) is 64.6 Å². The van der Waals surface area contributed by atoms with Gasteiger partial charge < -0.3 is 29.5 Å². The van der Waals surface area contributed by atoms with Crippen LogP contribution in [0.4, 0.5) is 0 Å². The minimum Gasteiger partial charge on any atom is -0.463 e. The minimum atomic E-state index is -1.60. The Morgan fingerprint density at radius 1 is 1.11 bits per heavy atom. The van der Waals surface area contributed by atoms with Gasteiger partial charge in [-0.25, -0.2) is 0 Å². The molecule has 0 aliphatic carbocycles. The number of ether oxygens (including phenoxy) is 3. The number of carbonyl (C=O) groups excluding carboxylic acids is 2. The van der Waals surface area contributed by atoms with E-state index in [1.54, 1.807) is 0 Å². The van der Waals surface area contributed by atoms with Crippen LogP contribution in [0, 0.1) is 0 Å². The van der Waals surface area contributed by atoms with Gasteiger partial charge in [0.15, 0.2) is 12.4 Å². The normalized spacial score (nSPS) is 35.9. The van der Waals surface area contributed by atoms with Crippen LogP contribution in [0.3, 0.4) is 0 Å². The number of aliphatic hydroxyl groups is 3. The van der Waals surface area contributed by atoms with Crippen molar-refractivity contribution in [3.63, 3.8) is 0 Å². The zero-order valence-electron chi connectivity index (χ0n) is 9.98. The van der Waals surface area contributed by atoms with Crippen LogP contribution in [0.2, 0.25) is 0 Å². The number of hydrogen-bond donors (Lipinski definition) is 3. The molecule has 0 aromatic carbocycles. The Kier molecular flexibility index (Phi) is 5.03. The van der Waals surface area contributed by atoms with Gasteiger partial charge in [-0.15, -0.1) is 0 Å². The molecule has 2 unspecified atom stereocenters. The van der Waals surface area contributed by atoms with E-state index in [1.165, 1.54) is 6.92 Å². The van der Waals surface area contributed by atoms with E-state index >= 15 is 0 Å². The molecular weight excluding hydrogens is 248 g/mol. The van der Waals surface area contributed by atoms with Gasteiger partial charge in [-0.1, -0.05) is 0 Å². The molecule has 104 valence electrons. The van der Waals surface area contributed by atoms with Crippen molar-refractivity contribution in [2.24, 2.45) is 0 Å². The van der Waals surface area contributed by atoms with Crippen molar-refractivity contribution >= 4 is 11.9 Å². The van der Waals surface area contributed by atoms with Crippen molar-refractivity contribution in [3.05, 3.63) is 0 Å². The lowest BCUT2D eigenvalue weighted by Crippen LogP contribution is -2.59. The Morgan fingerprint density at radius 3 is 2.22 bits per heavy atom. The van der Waals surface area contributed by atoms with Gasteiger partial charge in [0.2, 0.25) is 0 Å². The Morgan fingerprint density at radius 2 is 1.72 bits per heavy atom. The van der Waals surface area contributed by atoms with E-state index in [2.05, 4.69) is 9.47 Å². The Hall–Kier alpha value is -1.22. The zero-order valence-corrected chi connectivity index (χ0v) is 9.98. The average Bonchev–Trinajstić information content (AvgIpc) is 2.27. The van der Waals surface area contributed by atoms with Crippen LogP contribution >= 0.6 is 0 Å². The first kappa shape index (κ1) is 14.8. The van der Waals surface area contributed by atoms with Gasteiger partial charge in [-0.3, -0.25) is 9.59 Å². The fraction of sp³-hybridized carbons (Fsp3) is 0.800. The number of aliphatic hydroxyl groups excluding tert-OH is 3. The van der Waals surface area contributed by atoms with Crippen LogP contribution in [0.5, 0.6) is 0 Å². The van der Waals surface area contributed by atoms with Gasteiger partial charge in [0.05, 0.1) is 0 Å². The monoisotopic (exact) mass is 264 g/mol. The summed E-state index contributed by atoms with van der Waals surface area (Å²) in [5.41, 5.74) is 0. The molecule has 8 heteroatoms. The van der Waals surface area contributed by atoms with Gasteiger partial charge in [0.25, 0.3) is 0 Å². The molecule has 0 aromatic heterocycles. The number of esters is 2. The van der Waals surface area contributed by atoms with Gasteiger partial charge in [-0.2, -0.15) is 0 Å². The van der Waals surface area contributed by atoms with Crippen LogP contribution in [0.1, 0.15) is 13.8 Å². The molecule has 0 saturated carbocycles. The van der Waals surface area contributed by atoms with Crippen molar-refractivity contribution in [3.8, 4) is 0 Å². The lowest BCUT2D eigenvalue weighted by Gasteiger charge is -2.39. The Balaban J connectivity index is 2.64. The van der Waals surface area contributed by atoms with E-state index in [0.717, 1.165) is 6.92 Å². The summed E-state index contributed by atoms with van der Waals surface area (Å²) in [5, 5.41) is 28.9. The molecule has 0 amide bonds. The summed E-state index contributed by atoms with van der Waals surface area (Å²) in [4.78, 5) is 21.4. The Bertz CT molecular complexity index is 315. The first-order valence-electron chi connectivity index (χ1n) is 5.33. The maximum Gasteiger partial charge on any atom is 0.303 e. The summed E-state index contributed by atoms with van der Waals surface area (Å²) in [6, 6.07) is 0. The molecule has 5 atom stereocenters. The maximum absolute atomic E-state index is 10.8. The minimum absolute atomic E-state index is 0.322. The molecule has 0 spiro atoms. The second-order valence-electron chi connectivity index (χ2n) is 3.92. The van der Waals surface area contributed by atoms with Crippen molar-refractivity contribution in [2.75, 3.05) is 6.61 Å². The summed E-state index contributed by atoms with van der Waals surface area (Å²) in [6.07, 6.45) is -7.06. The summed E-state index contributed by atoms with van der Waals surface area (Å²) < 4.78 is 14.2. The molecule has 1 heterocycles. The second-order valence-corrected chi connectivity index (χ2v) is 3.92. The van der Waals surface area contributed by atoms with Crippen LogP contribution in [0.15, 0.2) is 0 Å². The van der Waals surface area contributed by atoms with E-state index in [-0.39, 0.29) is 6.61 Å². The molecule has 18 heavy (non-hydrogen) atoms. The van der Waals surface area contributed by atoms with Crippen LogP contribution < -0.4 is 0 Å². The molecule has 1 fully saturated rings. The third-order valence-corrected chi connectivity index (χ3v) is 2.42. The third-order valence-electron chi connectivity index (χ3n) is 2.42. The number of rotatable bonds is 3. The largest absolute Gasteiger partial charge is 0.463 e. The molecule has 8 nitrogen and oxygen atoms in total. The smallest absolute Gasteiger partial charge is 0.303 e. The number of carbonyl (C=O) groups is 2. The van der Waals surface area contributed by atoms with Crippen molar-refractivity contribution in [2.45, 2.75) is 44.6 Å². The van der Waals surface area contributed by atoms with Gasteiger partial charge in [0.1, 0.15) is 24.9 Å². The van der Waals surface area contributed by atoms with Crippen LogP contribution in [0.25, 0.3) is 0 Å². The fourth-order valence-corrected chi connectivity index (χ4v) is 1.58. The molecule has 3 N–H and O–H groups in total. The van der Waals surface area contributed by atoms with E-state index in [9.17, 15) is 24.9 Å². The molecule has 1 aliphatic heterocycles. The summed E-state index contributed by atoms with van der Waals surface area (Å²) in [5.74, 6) is -1.32. The Labute approximate surface area is 103 Å². The second kappa shape index (κ2) is 6.10. The molecule has 0 aromatic rings. The van der Waals surface area contributed by atoms with Crippen molar-refractivity contribution < 1.29 is 39.1 Å². The standard InChI is InChI=1S/C10H16O8/c1-4(11)16-3-6-7(13)8(14)9(10(15)18-6)17-5(2)12/h6-10,13-15H,3H2,1-2H3/t6?,7-,8?,9+,10-/m1/s1. The molecule has 1 aliphatic rings. The summed E-state index contributed by atoms with van der Waals surface area (Å²) in [7, 11) is 0. The van der Waals surface area contributed by atoms with E-state index in [1.807, 2.05) is 0 Å². The highest BCUT2D eigenvalue weighted by Gasteiger charge is 2.46. The average molecular weight is 264 g/mol. The summed E-state index contributed by atoms with van der Waals surface area (Å²) >= 11 is 0. The third kappa shape index (κ3) is 3.64. The maximum atomic E-state index is 10.8. The molecule has 1 saturated heterocycles. The van der Waals surface area contributed by atoms with E-state index < -0.39 is 42.6 Å². The molecule has 0 bridgehead atoms.